The molecule has 9 nitrogen and oxygen atoms in total. The van der Waals surface area contributed by atoms with Gasteiger partial charge in [-0.3, -0.25) is 9.59 Å². The Morgan fingerprint density at radius 2 is 1.89 bits per heavy atom. The SMILES string of the molecule is CC(C)[C@@H](NC(=O)c1cccc(-c2nn[nH]n2)c1)C(=O)N1CC[C@](O)(c2ccc(Cl)cc2)C(C)(C)C1. The Morgan fingerprint density at radius 3 is 2.50 bits per heavy atom. The van der Waals surface area contributed by atoms with Crippen molar-refractivity contribution < 1.29 is 14.7 Å². The maximum atomic E-state index is 13.6. The van der Waals surface area contributed by atoms with Gasteiger partial charge in [0.15, 0.2) is 0 Å². The summed E-state index contributed by atoms with van der Waals surface area (Å²) in [6, 6.07) is 13.3. The van der Waals surface area contributed by atoms with Gasteiger partial charge in [-0.25, -0.2) is 0 Å². The first-order valence-electron chi connectivity index (χ1n) is 11.9. The highest BCUT2D eigenvalue weighted by molar-refractivity contribution is 6.30. The van der Waals surface area contributed by atoms with E-state index >= 15 is 0 Å². The summed E-state index contributed by atoms with van der Waals surface area (Å²) in [6.07, 6.45) is 0.374. The third kappa shape index (κ3) is 4.99. The second-order valence-corrected chi connectivity index (χ2v) is 10.7. The second kappa shape index (κ2) is 9.99. The van der Waals surface area contributed by atoms with Crippen molar-refractivity contribution >= 4 is 23.4 Å². The topological polar surface area (TPSA) is 124 Å². The van der Waals surface area contributed by atoms with Crippen molar-refractivity contribution in [2.75, 3.05) is 13.1 Å². The number of rotatable bonds is 6. The minimum atomic E-state index is -1.11. The minimum absolute atomic E-state index is 0.137. The Morgan fingerprint density at radius 1 is 1.17 bits per heavy atom. The lowest BCUT2D eigenvalue weighted by Crippen LogP contribution is -2.60. The van der Waals surface area contributed by atoms with E-state index in [1.54, 1.807) is 41.3 Å². The van der Waals surface area contributed by atoms with Crippen LogP contribution in [0.3, 0.4) is 0 Å². The number of amides is 2. The molecule has 10 heteroatoms. The lowest BCUT2D eigenvalue weighted by atomic mass is 9.66. The lowest BCUT2D eigenvalue weighted by Gasteiger charge is -2.51. The van der Waals surface area contributed by atoms with Gasteiger partial charge in [0, 0.05) is 34.7 Å². The number of carbonyl (C=O) groups is 2. The van der Waals surface area contributed by atoms with E-state index in [0.29, 0.717) is 41.5 Å². The summed E-state index contributed by atoms with van der Waals surface area (Å²) in [5.74, 6) is -0.285. The number of halogens is 1. The molecule has 2 heterocycles. The van der Waals surface area contributed by atoms with E-state index in [-0.39, 0.29) is 17.7 Å². The Labute approximate surface area is 215 Å². The standard InChI is InChI=1S/C26H31ClN6O3/c1-16(2)21(28-23(34)18-7-5-6-17(14-18)22-29-31-32-30-22)24(35)33-13-12-26(36,25(3,4)15-33)19-8-10-20(27)11-9-19/h5-11,14,16,21,36H,12-13,15H2,1-4H3,(H,28,34)(H,29,30,31,32)/t21-,26+/m1/s1. The number of benzene rings is 2. The average Bonchev–Trinajstić information content (AvgIpc) is 3.39. The smallest absolute Gasteiger partial charge is 0.251 e. The normalized spacial score (nSPS) is 20.2. The van der Waals surface area contributed by atoms with Crippen molar-refractivity contribution in [1.29, 1.82) is 0 Å². The molecule has 4 rings (SSSR count). The van der Waals surface area contributed by atoms with Gasteiger partial charge < -0.3 is 15.3 Å². The van der Waals surface area contributed by atoms with Gasteiger partial charge in [-0.2, -0.15) is 5.21 Å². The molecule has 2 atom stereocenters. The molecule has 3 aromatic rings. The number of aliphatic hydroxyl groups is 1. The molecule has 0 bridgehead atoms. The third-order valence-corrected chi connectivity index (χ3v) is 7.28. The number of nitrogens with one attached hydrogen (secondary N) is 2. The van der Waals surface area contributed by atoms with Crippen LogP contribution in [0.1, 0.15) is 50.0 Å². The molecule has 36 heavy (non-hydrogen) atoms. The first-order chi connectivity index (χ1) is 17.0. The van der Waals surface area contributed by atoms with Crippen LogP contribution in [-0.2, 0) is 10.4 Å². The quantitative estimate of drug-likeness (QED) is 0.466. The van der Waals surface area contributed by atoms with E-state index in [0.717, 1.165) is 5.56 Å². The van der Waals surface area contributed by atoms with Crippen LogP contribution in [0.25, 0.3) is 11.4 Å². The summed E-state index contributed by atoms with van der Waals surface area (Å²) in [5, 5.41) is 29.0. The van der Waals surface area contributed by atoms with Crippen LogP contribution in [0.15, 0.2) is 48.5 Å². The molecule has 0 saturated carbocycles. The number of piperidine rings is 1. The number of likely N-dealkylation sites (tertiary alicyclic amines) is 1. The molecule has 190 valence electrons. The number of hydrogen-bond donors (Lipinski definition) is 3. The number of H-pyrrole nitrogens is 1. The molecular weight excluding hydrogens is 480 g/mol. The van der Waals surface area contributed by atoms with E-state index in [2.05, 4.69) is 25.9 Å². The summed E-state index contributed by atoms with van der Waals surface area (Å²) >= 11 is 6.04. The van der Waals surface area contributed by atoms with E-state index < -0.39 is 17.1 Å². The van der Waals surface area contributed by atoms with Crippen molar-refractivity contribution in [2.24, 2.45) is 11.3 Å². The first-order valence-corrected chi connectivity index (χ1v) is 12.3. The second-order valence-electron chi connectivity index (χ2n) is 10.3. The molecule has 1 aliphatic rings. The number of carbonyl (C=O) groups excluding carboxylic acids is 2. The fourth-order valence-corrected chi connectivity index (χ4v) is 4.92. The van der Waals surface area contributed by atoms with Gasteiger partial charge in [0.2, 0.25) is 11.7 Å². The van der Waals surface area contributed by atoms with Gasteiger partial charge in [-0.15, -0.1) is 10.2 Å². The molecule has 0 unspecified atom stereocenters. The van der Waals surface area contributed by atoms with Crippen LogP contribution in [0.4, 0.5) is 0 Å². The maximum absolute atomic E-state index is 13.6. The summed E-state index contributed by atoms with van der Waals surface area (Å²) in [6.45, 7) is 8.42. The van der Waals surface area contributed by atoms with E-state index in [1.165, 1.54) is 0 Å². The molecule has 1 aromatic heterocycles. The fraction of sp³-hybridized carbons (Fsp3) is 0.423. The zero-order valence-corrected chi connectivity index (χ0v) is 21.6. The third-order valence-electron chi connectivity index (χ3n) is 7.03. The molecule has 1 saturated heterocycles. The van der Waals surface area contributed by atoms with Gasteiger partial charge in [-0.05, 0) is 47.4 Å². The molecule has 1 fully saturated rings. The highest BCUT2D eigenvalue weighted by Gasteiger charge is 2.50. The Kier molecular flexibility index (Phi) is 7.15. The lowest BCUT2D eigenvalue weighted by molar-refractivity contribution is -0.155. The van der Waals surface area contributed by atoms with Crippen molar-refractivity contribution in [1.82, 2.24) is 30.8 Å². The Bertz CT molecular complexity index is 1230. The highest BCUT2D eigenvalue weighted by Crippen LogP contribution is 2.46. The van der Waals surface area contributed by atoms with Gasteiger partial charge in [0.25, 0.3) is 5.91 Å². The van der Waals surface area contributed by atoms with Crippen molar-refractivity contribution in [3.8, 4) is 11.4 Å². The van der Waals surface area contributed by atoms with Crippen LogP contribution in [0, 0.1) is 11.3 Å². The Hall–Kier alpha value is -3.30. The van der Waals surface area contributed by atoms with Gasteiger partial charge >= 0.3 is 0 Å². The molecule has 0 radical (unpaired) electrons. The zero-order valence-electron chi connectivity index (χ0n) is 20.8. The molecule has 2 aromatic carbocycles. The van der Waals surface area contributed by atoms with Crippen molar-refractivity contribution in [3.63, 3.8) is 0 Å². The maximum Gasteiger partial charge on any atom is 0.251 e. The van der Waals surface area contributed by atoms with E-state index in [1.807, 2.05) is 39.8 Å². The van der Waals surface area contributed by atoms with Gasteiger partial charge in [0.1, 0.15) is 6.04 Å². The monoisotopic (exact) mass is 510 g/mol. The predicted molar refractivity (Wildman–Crippen MR) is 136 cm³/mol. The van der Waals surface area contributed by atoms with Crippen LogP contribution in [0.5, 0.6) is 0 Å². The van der Waals surface area contributed by atoms with Crippen LogP contribution >= 0.6 is 11.6 Å². The summed E-state index contributed by atoms with van der Waals surface area (Å²) < 4.78 is 0. The summed E-state index contributed by atoms with van der Waals surface area (Å²) in [7, 11) is 0. The number of aromatic amines is 1. The highest BCUT2D eigenvalue weighted by atomic mass is 35.5. The fourth-order valence-electron chi connectivity index (χ4n) is 4.79. The van der Waals surface area contributed by atoms with Crippen LogP contribution in [0.2, 0.25) is 5.02 Å². The van der Waals surface area contributed by atoms with Crippen molar-refractivity contribution in [2.45, 2.75) is 45.8 Å². The number of tetrazole rings is 1. The van der Waals surface area contributed by atoms with Gasteiger partial charge in [0.05, 0.1) is 5.60 Å². The summed E-state index contributed by atoms with van der Waals surface area (Å²) in [4.78, 5) is 28.5. The number of hydrogen-bond acceptors (Lipinski definition) is 6. The van der Waals surface area contributed by atoms with E-state index in [9.17, 15) is 14.7 Å². The molecule has 3 N–H and O–H groups in total. The largest absolute Gasteiger partial charge is 0.384 e. The van der Waals surface area contributed by atoms with Crippen LogP contribution in [-0.4, -0.2) is 61.6 Å². The minimum Gasteiger partial charge on any atom is -0.384 e. The molecule has 0 spiro atoms. The average molecular weight is 511 g/mol. The number of nitrogens with zero attached hydrogens (tertiary/aromatic N) is 4. The first kappa shape index (κ1) is 25.8. The zero-order chi connectivity index (χ0) is 26.1. The summed E-state index contributed by atoms with van der Waals surface area (Å²) in [5.41, 5.74) is 0.0776. The van der Waals surface area contributed by atoms with E-state index in [4.69, 9.17) is 11.6 Å². The molecule has 2 amide bonds. The molecular formula is C26H31ClN6O3. The molecule has 0 aliphatic carbocycles. The number of aromatic nitrogens is 4. The van der Waals surface area contributed by atoms with Crippen molar-refractivity contribution in [3.05, 3.63) is 64.7 Å². The predicted octanol–water partition coefficient (Wildman–Crippen LogP) is 3.42. The molecule has 1 aliphatic heterocycles. The Balaban J connectivity index is 1.50. The van der Waals surface area contributed by atoms with Crippen LogP contribution < -0.4 is 5.32 Å². The van der Waals surface area contributed by atoms with Gasteiger partial charge in [-0.1, -0.05) is 63.6 Å².